The summed E-state index contributed by atoms with van der Waals surface area (Å²) in [5.74, 6) is 1.69. The topological polar surface area (TPSA) is 46.2 Å². The molecule has 0 unspecified atom stereocenters. The number of unbranched alkanes of at least 4 members (excludes halogenated alkanes) is 6. The van der Waals surface area contributed by atoms with Crippen molar-refractivity contribution in [2.45, 2.75) is 78.2 Å². The van der Waals surface area contributed by atoms with Crippen LogP contribution in [0.25, 0.3) is 0 Å². The standard InChI is InChI=1S/C24H40O5/c1-3-5-7-8-9-10-11-21-17-23-24(29-20-28-23)18-22(21)19-27-16-15-26-14-13-25-12-6-4-2/h17-18H,3-16,19-20H2,1-2H3. The van der Waals surface area contributed by atoms with E-state index in [0.717, 1.165) is 37.4 Å². The molecule has 0 N–H and O–H groups in total. The molecular formula is C24H40O5. The van der Waals surface area contributed by atoms with Crippen molar-refractivity contribution >= 4 is 0 Å². The van der Waals surface area contributed by atoms with Gasteiger partial charge in [0.15, 0.2) is 11.5 Å². The van der Waals surface area contributed by atoms with Crippen LogP contribution in [0.3, 0.4) is 0 Å². The Bertz CT molecular complexity index is 546. The lowest BCUT2D eigenvalue weighted by Gasteiger charge is -2.12. The summed E-state index contributed by atoms with van der Waals surface area (Å²) in [4.78, 5) is 0. The largest absolute Gasteiger partial charge is 0.454 e. The Morgan fingerprint density at radius 2 is 1.24 bits per heavy atom. The van der Waals surface area contributed by atoms with Gasteiger partial charge in [-0.3, -0.25) is 0 Å². The van der Waals surface area contributed by atoms with Crippen molar-refractivity contribution in [3.63, 3.8) is 0 Å². The lowest BCUT2D eigenvalue weighted by atomic mass is 10.00. The zero-order valence-corrected chi connectivity index (χ0v) is 18.5. The normalized spacial score (nSPS) is 12.6. The Morgan fingerprint density at radius 3 is 1.97 bits per heavy atom. The fourth-order valence-electron chi connectivity index (χ4n) is 3.36. The smallest absolute Gasteiger partial charge is 0.231 e. The van der Waals surface area contributed by atoms with Gasteiger partial charge >= 0.3 is 0 Å². The van der Waals surface area contributed by atoms with Gasteiger partial charge < -0.3 is 23.7 Å². The molecule has 0 saturated carbocycles. The predicted molar refractivity (Wildman–Crippen MR) is 116 cm³/mol. The van der Waals surface area contributed by atoms with Crippen LogP contribution in [0.15, 0.2) is 12.1 Å². The van der Waals surface area contributed by atoms with E-state index in [0.29, 0.717) is 39.8 Å². The molecule has 0 radical (unpaired) electrons. The van der Waals surface area contributed by atoms with E-state index in [-0.39, 0.29) is 0 Å². The third kappa shape index (κ3) is 9.83. The maximum atomic E-state index is 5.86. The van der Waals surface area contributed by atoms with Crippen LogP contribution in [-0.2, 0) is 27.2 Å². The summed E-state index contributed by atoms with van der Waals surface area (Å²) in [7, 11) is 0. The van der Waals surface area contributed by atoms with Gasteiger partial charge in [0.1, 0.15) is 0 Å². The molecule has 0 saturated heterocycles. The fourth-order valence-corrected chi connectivity index (χ4v) is 3.36. The van der Waals surface area contributed by atoms with Gasteiger partial charge in [0, 0.05) is 6.61 Å². The summed E-state index contributed by atoms with van der Waals surface area (Å²) >= 11 is 0. The summed E-state index contributed by atoms with van der Waals surface area (Å²) < 4.78 is 28.0. The molecule has 0 atom stereocenters. The first-order valence-corrected chi connectivity index (χ1v) is 11.5. The van der Waals surface area contributed by atoms with Crippen molar-refractivity contribution in [2.75, 3.05) is 39.8 Å². The van der Waals surface area contributed by atoms with Crippen LogP contribution in [0.4, 0.5) is 0 Å². The lowest BCUT2D eigenvalue weighted by Crippen LogP contribution is -2.10. The first kappa shape index (κ1) is 24.0. The van der Waals surface area contributed by atoms with Gasteiger partial charge in [-0.25, -0.2) is 0 Å². The highest BCUT2D eigenvalue weighted by molar-refractivity contribution is 5.48. The van der Waals surface area contributed by atoms with Crippen molar-refractivity contribution < 1.29 is 23.7 Å². The molecule has 1 heterocycles. The third-order valence-electron chi connectivity index (χ3n) is 5.14. The molecule has 0 aromatic heterocycles. The molecule has 166 valence electrons. The monoisotopic (exact) mass is 408 g/mol. The molecule has 1 aromatic carbocycles. The van der Waals surface area contributed by atoms with Crippen molar-refractivity contribution in [1.82, 2.24) is 0 Å². The summed E-state index contributed by atoms with van der Waals surface area (Å²) in [6, 6.07) is 4.22. The average molecular weight is 409 g/mol. The fraction of sp³-hybridized carbons (Fsp3) is 0.750. The van der Waals surface area contributed by atoms with Gasteiger partial charge in [-0.1, -0.05) is 52.4 Å². The van der Waals surface area contributed by atoms with Crippen molar-refractivity contribution in [2.24, 2.45) is 0 Å². The quantitative estimate of drug-likeness (QED) is 0.293. The van der Waals surface area contributed by atoms with E-state index in [1.807, 2.05) is 0 Å². The third-order valence-corrected chi connectivity index (χ3v) is 5.14. The Hall–Kier alpha value is -1.30. The summed E-state index contributed by atoms with van der Waals surface area (Å²) in [5.41, 5.74) is 2.51. The zero-order chi connectivity index (χ0) is 20.6. The van der Waals surface area contributed by atoms with Gasteiger partial charge in [0.2, 0.25) is 6.79 Å². The highest BCUT2D eigenvalue weighted by atomic mass is 16.7. The van der Waals surface area contributed by atoms with E-state index >= 15 is 0 Å². The minimum absolute atomic E-state index is 0.310. The number of aryl methyl sites for hydroxylation is 1. The molecule has 1 aliphatic rings. The average Bonchev–Trinajstić information content (AvgIpc) is 3.19. The molecule has 0 spiro atoms. The SMILES string of the molecule is CCCCCCCCc1cc2c(cc1COCCOCCOCCCC)OCO2. The molecule has 0 bridgehead atoms. The van der Waals surface area contributed by atoms with Crippen LogP contribution in [0.5, 0.6) is 11.5 Å². The highest BCUT2D eigenvalue weighted by Gasteiger charge is 2.17. The second kappa shape index (κ2) is 15.5. The van der Waals surface area contributed by atoms with Crippen LogP contribution < -0.4 is 9.47 Å². The van der Waals surface area contributed by atoms with E-state index in [4.69, 9.17) is 23.7 Å². The zero-order valence-electron chi connectivity index (χ0n) is 18.5. The number of hydrogen-bond acceptors (Lipinski definition) is 5. The van der Waals surface area contributed by atoms with E-state index in [2.05, 4.69) is 26.0 Å². The second-order valence-electron chi connectivity index (χ2n) is 7.62. The van der Waals surface area contributed by atoms with Gasteiger partial charge in [0.05, 0.1) is 33.0 Å². The Balaban J connectivity index is 1.67. The van der Waals surface area contributed by atoms with Crippen molar-refractivity contribution in [3.8, 4) is 11.5 Å². The molecular weight excluding hydrogens is 368 g/mol. The van der Waals surface area contributed by atoms with Gasteiger partial charge in [0.25, 0.3) is 0 Å². The van der Waals surface area contributed by atoms with E-state index < -0.39 is 0 Å². The maximum Gasteiger partial charge on any atom is 0.231 e. The number of benzene rings is 1. The van der Waals surface area contributed by atoms with Crippen molar-refractivity contribution in [1.29, 1.82) is 0 Å². The maximum absolute atomic E-state index is 5.86. The Kier molecular flexibility index (Phi) is 12.8. The number of ether oxygens (including phenoxy) is 5. The molecule has 0 amide bonds. The van der Waals surface area contributed by atoms with E-state index in [1.165, 1.54) is 49.7 Å². The number of rotatable bonds is 18. The van der Waals surface area contributed by atoms with Crippen LogP contribution in [0, 0.1) is 0 Å². The lowest BCUT2D eigenvalue weighted by molar-refractivity contribution is 0.0101. The Labute approximate surface area is 177 Å². The van der Waals surface area contributed by atoms with E-state index in [1.54, 1.807) is 0 Å². The predicted octanol–water partition coefficient (Wildman–Crippen LogP) is 5.67. The highest BCUT2D eigenvalue weighted by Crippen LogP contribution is 2.35. The Morgan fingerprint density at radius 1 is 0.655 bits per heavy atom. The summed E-state index contributed by atoms with van der Waals surface area (Å²) in [6.07, 6.45) is 11.1. The van der Waals surface area contributed by atoms with Crippen LogP contribution in [-0.4, -0.2) is 39.8 Å². The van der Waals surface area contributed by atoms with Gasteiger partial charge in [-0.05, 0) is 42.5 Å². The van der Waals surface area contributed by atoms with Crippen LogP contribution in [0.1, 0.15) is 76.3 Å². The minimum atomic E-state index is 0.310. The summed E-state index contributed by atoms with van der Waals surface area (Å²) in [6.45, 7) is 8.59. The second-order valence-corrected chi connectivity index (χ2v) is 7.62. The minimum Gasteiger partial charge on any atom is -0.454 e. The first-order valence-electron chi connectivity index (χ1n) is 11.5. The number of hydrogen-bond donors (Lipinski definition) is 0. The molecule has 0 fully saturated rings. The first-order chi connectivity index (χ1) is 14.3. The number of fused-ring (bicyclic) bond motifs is 1. The van der Waals surface area contributed by atoms with Crippen LogP contribution >= 0.6 is 0 Å². The van der Waals surface area contributed by atoms with Crippen LogP contribution in [0.2, 0.25) is 0 Å². The van der Waals surface area contributed by atoms with Gasteiger partial charge in [-0.15, -0.1) is 0 Å². The van der Waals surface area contributed by atoms with Crippen molar-refractivity contribution in [3.05, 3.63) is 23.3 Å². The molecule has 2 rings (SSSR count). The molecule has 29 heavy (non-hydrogen) atoms. The molecule has 1 aromatic rings. The van der Waals surface area contributed by atoms with Gasteiger partial charge in [-0.2, -0.15) is 0 Å². The molecule has 1 aliphatic heterocycles. The summed E-state index contributed by atoms with van der Waals surface area (Å²) in [5, 5.41) is 0. The molecule has 5 nitrogen and oxygen atoms in total. The molecule has 5 heteroatoms. The molecule has 0 aliphatic carbocycles. The van der Waals surface area contributed by atoms with E-state index in [9.17, 15) is 0 Å².